The number of fused-ring (bicyclic) bond motifs is 1. The van der Waals surface area contributed by atoms with Gasteiger partial charge in [-0.3, -0.25) is 4.79 Å². The van der Waals surface area contributed by atoms with Crippen molar-refractivity contribution in [3.05, 3.63) is 35.9 Å². The normalized spacial score (nSPS) is 29.5. The maximum absolute atomic E-state index is 13.3. The van der Waals surface area contributed by atoms with Gasteiger partial charge in [-0.15, -0.1) is 0 Å². The van der Waals surface area contributed by atoms with Crippen LogP contribution in [-0.2, 0) is 20.6 Å². The summed E-state index contributed by atoms with van der Waals surface area (Å²) in [6, 6.07) is 9.28. The van der Waals surface area contributed by atoms with Crippen molar-refractivity contribution >= 4 is 15.9 Å². The molecule has 2 saturated heterocycles. The molecule has 0 aromatic heterocycles. The standard InChI is InChI=1S/C20H29N3O3S/c24-19(20-9-5-4-8-18(20)14-21-16-20)22-10-12-23(13-11-22)27(25,26)15-17-6-2-1-3-7-17/h1-3,6-7,18,21H,4-5,8-16H2/t18-,20+/m0/s1. The highest BCUT2D eigenvalue weighted by atomic mass is 32.2. The average Bonchev–Trinajstić information content (AvgIpc) is 3.13. The van der Waals surface area contributed by atoms with E-state index in [1.165, 1.54) is 6.42 Å². The van der Waals surface area contributed by atoms with E-state index in [0.717, 1.165) is 37.9 Å². The summed E-state index contributed by atoms with van der Waals surface area (Å²) in [5.74, 6) is 0.716. The first-order valence-electron chi connectivity index (χ1n) is 10.0. The quantitative estimate of drug-likeness (QED) is 0.843. The minimum Gasteiger partial charge on any atom is -0.340 e. The van der Waals surface area contributed by atoms with Crippen LogP contribution < -0.4 is 5.32 Å². The fourth-order valence-corrected chi connectivity index (χ4v) is 6.54. The van der Waals surface area contributed by atoms with E-state index in [1.807, 2.05) is 35.2 Å². The van der Waals surface area contributed by atoms with Crippen LogP contribution in [-0.4, -0.2) is 62.8 Å². The van der Waals surface area contributed by atoms with Crippen LogP contribution in [0, 0.1) is 11.3 Å². The van der Waals surface area contributed by atoms with Gasteiger partial charge in [-0.05, 0) is 30.9 Å². The topological polar surface area (TPSA) is 69.7 Å². The van der Waals surface area contributed by atoms with E-state index >= 15 is 0 Å². The van der Waals surface area contributed by atoms with E-state index in [9.17, 15) is 13.2 Å². The minimum absolute atomic E-state index is 0.0255. The Labute approximate surface area is 162 Å². The van der Waals surface area contributed by atoms with Gasteiger partial charge in [0.1, 0.15) is 0 Å². The molecule has 0 bridgehead atoms. The van der Waals surface area contributed by atoms with Crippen LogP contribution in [0.5, 0.6) is 0 Å². The molecule has 1 N–H and O–H groups in total. The van der Waals surface area contributed by atoms with Crippen LogP contribution in [0.2, 0.25) is 0 Å². The minimum atomic E-state index is -3.35. The molecule has 6 nitrogen and oxygen atoms in total. The summed E-state index contributed by atoms with van der Waals surface area (Å²) in [5.41, 5.74) is 0.556. The lowest BCUT2D eigenvalue weighted by Crippen LogP contribution is -2.56. The Morgan fingerprint density at radius 1 is 1.11 bits per heavy atom. The van der Waals surface area contributed by atoms with Crippen molar-refractivity contribution in [2.24, 2.45) is 11.3 Å². The second-order valence-electron chi connectivity index (χ2n) is 8.16. The van der Waals surface area contributed by atoms with Crippen molar-refractivity contribution in [3.63, 3.8) is 0 Å². The van der Waals surface area contributed by atoms with Gasteiger partial charge in [-0.25, -0.2) is 8.42 Å². The Balaban J connectivity index is 1.39. The zero-order valence-corrected chi connectivity index (χ0v) is 16.6. The average molecular weight is 392 g/mol. The first kappa shape index (κ1) is 18.9. The molecular formula is C20H29N3O3S. The molecular weight excluding hydrogens is 362 g/mol. The summed E-state index contributed by atoms with van der Waals surface area (Å²) in [4.78, 5) is 15.2. The maximum atomic E-state index is 13.3. The monoisotopic (exact) mass is 391 g/mol. The number of carbonyl (C=O) groups excluding carboxylic acids is 1. The number of nitrogens with one attached hydrogen (secondary N) is 1. The number of hydrogen-bond donors (Lipinski definition) is 1. The summed E-state index contributed by atoms with van der Waals surface area (Å²) < 4.78 is 27.0. The molecule has 1 amide bonds. The smallest absolute Gasteiger partial charge is 0.230 e. The van der Waals surface area contributed by atoms with Crippen molar-refractivity contribution in [1.82, 2.24) is 14.5 Å². The number of rotatable bonds is 4. The second kappa shape index (κ2) is 7.53. The molecule has 148 valence electrons. The lowest BCUT2D eigenvalue weighted by atomic mass is 9.67. The van der Waals surface area contributed by atoms with E-state index in [-0.39, 0.29) is 17.1 Å². The molecule has 3 aliphatic rings. The van der Waals surface area contributed by atoms with Crippen molar-refractivity contribution in [2.75, 3.05) is 39.3 Å². The lowest BCUT2D eigenvalue weighted by Gasteiger charge is -2.43. The van der Waals surface area contributed by atoms with Gasteiger partial charge in [0.05, 0.1) is 11.2 Å². The molecule has 1 aliphatic carbocycles. The third-order valence-electron chi connectivity index (χ3n) is 6.58. The van der Waals surface area contributed by atoms with Crippen LogP contribution in [0.1, 0.15) is 31.2 Å². The van der Waals surface area contributed by atoms with Crippen molar-refractivity contribution < 1.29 is 13.2 Å². The van der Waals surface area contributed by atoms with Crippen molar-refractivity contribution in [2.45, 2.75) is 31.4 Å². The van der Waals surface area contributed by atoms with Gasteiger partial charge in [0, 0.05) is 32.7 Å². The molecule has 1 saturated carbocycles. The Morgan fingerprint density at radius 2 is 1.85 bits per heavy atom. The number of piperazine rings is 1. The first-order valence-corrected chi connectivity index (χ1v) is 11.6. The molecule has 27 heavy (non-hydrogen) atoms. The molecule has 1 aromatic rings. The maximum Gasteiger partial charge on any atom is 0.230 e. The van der Waals surface area contributed by atoms with Gasteiger partial charge in [0.15, 0.2) is 0 Å². The molecule has 2 heterocycles. The number of benzene rings is 1. The lowest BCUT2D eigenvalue weighted by molar-refractivity contribution is -0.146. The van der Waals surface area contributed by atoms with Crippen molar-refractivity contribution in [3.8, 4) is 0 Å². The van der Waals surface area contributed by atoms with Crippen molar-refractivity contribution in [1.29, 1.82) is 0 Å². The third kappa shape index (κ3) is 3.65. The molecule has 0 unspecified atom stereocenters. The van der Waals surface area contributed by atoms with Gasteiger partial charge < -0.3 is 10.2 Å². The van der Waals surface area contributed by atoms with Gasteiger partial charge in [0.2, 0.25) is 15.9 Å². The predicted octanol–water partition coefficient (Wildman–Crippen LogP) is 1.44. The summed E-state index contributed by atoms with van der Waals surface area (Å²) >= 11 is 0. The van der Waals surface area contributed by atoms with E-state index in [4.69, 9.17) is 0 Å². The molecule has 7 heteroatoms. The summed E-state index contributed by atoms with van der Waals surface area (Å²) in [6.45, 7) is 3.52. The SMILES string of the molecule is O=C(N1CCN(S(=O)(=O)Cc2ccccc2)CC1)[C@@]12CCCC[C@H]1CNC2. The molecule has 1 aromatic carbocycles. The second-order valence-corrected chi connectivity index (χ2v) is 10.1. The molecule has 2 aliphatic heterocycles. The third-order valence-corrected chi connectivity index (χ3v) is 8.43. The summed E-state index contributed by atoms with van der Waals surface area (Å²) in [5, 5.41) is 3.43. The van der Waals surface area contributed by atoms with E-state index in [2.05, 4.69) is 5.32 Å². The van der Waals surface area contributed by atoms with Crippen LogP contribution in [0.25, 0.3) is 0 Å². The van der Waals surface area contributed by atoms with E-state index < -0.39 is 10.0 Å². The molecule has 4 rings (SSSR count). The Hall–Kier alpha value is -1.44. The summed E-state index contributed by atoms with van der Waals surface area (Å²) in [6.07, 6.45) is 4.43. The number of amides is 1. The highest BCUT2D eigenvalue weighted by molar-refractivity contribution is 7.88. The highest BCUT2D eigenvalue weighted by Crippen LogP contribution is 2.45. The Bertz CT molecular complexity index is 775. The Morgan fingerprint density at radius 3 is 2.59 bits per heavy atom. The number of sulfonamides is 1. The highest BCUT2D eigenvalue weighted by Gasteiger charge is 2.51. The van der Waals surface area contributed by atoms with Gasteiger partial charge in [-0.1, -0.05) is 43.2 Å². The largest absolute Gasteiger partial charge is 0.340 e. The van der Waals surface area contributed by atoms with Crippen LogP contribution in [0.3, 0.4) is 0 Å². The molecule has 0 radical (unpaired) electrons. The van der Waals surface area contributed by atoms with Crippen LogP contribution >= 0.6 is 0 Å². The van der Waals surface area contributed by atoms with E-state index in [0.29, 0.717) is 32.1 Å². The molecule has 2 atom stereocenters. The predicted molar refractivity (Wildman–Crippen MR) is 104 cm³/mol. The fourth-order valence-electron chi connectivity index (χ4n) is 5.03. The van der Waals surface area contributed by atoms with Gasteiger partial charge >= 0.3 is 0 Å². The Kier molecular flexibility index (Phi) is 5.27. The zero-order chi connectivity index (χ0) is 18.9. The summed E-state index contributed by atoms with van der Waals surface area (Å²) in [7, 11) is -3.35. The number of hydrogen-bond acceptors (Lipinski definition) is 4. The van der Waals surface area contributed by atoms with Gasteiger partial charge in [0.25, 0.3) is 0 Å². The number of nitrogens with zero attached hydrogens (tertiary/aromatic N) is 2. The zero-order valence-electron chi connectivity index (χ0n) is 15.8. The first-order chi connectivity index (χ1) is 13.0. The van der Waals surface area contributed by atoms with Crippen LogP contribution in [0.15, 0.2) is 30.3 Å². The van der Waals surface area contributed by atoms with Gasteiger partial charge in [-0.2, -0.15) is 4.31 Å². The fraction of sp³-hybridized carbons (Fsp3) is 0.650. The molecule has 0 spiro atoms. The van der Waals surface area contributed by atoms with Crippen LogP contribution in [0.4, 0.5) is 0 Å². The number of carbonyl (C=O) groups is 1. The molecule has 3 fully saturated rings. The van der Waals surface area contributed by atoms with E-state index in [1.54, 1.807) is 4.31 Å².